The molecule has 5 nitrogen and oxygen atoms in total. The number of benzene rings is 1. The predicted molar refractivity (Wildman–Crippen MR) is 79.8 cm³/mol. The number of aromatic nitrogens is 1. The standard InChI is InChI=1S/C16H20N2O3/c1-3-9-16(2,20)11-17-15(19)13-10-14(21-18-13)12-7-5-4-6-8-12/h4-8,10,20H,3,9,11H2,1-2H3,(H,17,19). The SMILES string of the molecule is CCCC(C)(O)CNC(=O)c1cc(-c2ccccc2)on1. The molecule has 0 fully saturated rings. The molecule has 2 rings (SSSR count). The van der Waals surface area contributed by atoms with Crippen molar-refractivity contribution in [3.05, 3.63) is 42.1 Å². The highest BCUT2D eigenvalue weighted by atomic mass is 16.5. The van der Waals surface area contributed by atoms with Crippen LogP contribution in [0, 0.1) is 0 Å². The average molecular weight is 288 g/mol. The molecule has 0 aliphatic rings. The highest BCUT2D eigenvalue weighted by molar-refractivity contribution is 5.93. The fourth-order valence-corrected chi connectivity index (χ4v) is 2.11. The summed E-state index contributed by atoms with van der Waals surface area (Å²) in [5.74, 6) is 0.193. The number of hydrogen-bond acceptors (Lipinski definition) is 4. The molecule has 5 heteroatoms. The van der Waals surface area contributed by atoms with Crippen LogP contribution in [-0.2, 0) is 0 Å². The first-order valence-electron chi connectivity index (χ1n) is 7.04. The zero-order valence-corrected chi connectivity index (χ0v) is 12.3. The number of amides is 1. The first-order valence-corrected chi connectivity index (χ1v) is 7.04. The molecule has 1 heterocycles. The molecule has 0 bridgehead atoms. The fraction of sp³-hybridized carbons (Fsp3) is 0.375. The lowest BCUT2D eigenvalue weighted by molar-refractivity contribution is 0.0467. The van der Waals surface area contributed by atoms with Crippen LogP contribution in [0.2, 0.25) is 0 Å². The molecular formula is C16H20N2O3. The highest BCUT2D eigenvalue weighted by Crippen LogP contribution is 2.19. The molecule has 1 atom stereocenters. The number of carbonyl (C=O) groups excluding carboxylic acids is 1. The molecule has 2 N–H and O–H groups in total. The second-order valence-corrected chi connectivity index (χ2v) is 5.37. The molecule has 0 spiro atoms. The lowest BCUT2D eigenvalue weighted by Crippen LogP contribution is -2.40. The van der Waals surface area contributed by atoms with Crippen LogP contribution in [0.3, 0.4) is 0 Å². The minimum Gasteiger partial charge on any atom is -0.388 e. The van der Waals surface area contributed by atoms with Crippen LogP contribution in [-0.4, -0.2) is 28.3 Å². The van der Waals surface area contributed by atoms with Crippen molar-refractivity contribution in [1.82, 2.24) is 10.5 Å². The highest BCUT2D eigenvalue weighted by Gasteiger charge is 2.21. The Bertz CT molecular complexity index is 591. The molecule has 0 radical (unpaired) electrons. The lowest BCUT2D eigenvalue weighted by atomic mass is 10.0. The summed E-state index contributed by atoms with van der Waals surface area (Å²) >= 11 is 0. The normalized spacial score (nSPS) is 13.7. The monoisotopic (exact) mass is 288 g/mol. The quantitative estimate of drug-likeness (QED) is 0.856. The van der Waals surface area contributed by atoms with Crippen LogP contribution >= 0.6 is 0 Å². The Labute approximate surface area is 124 Å². The molecule has 0 aliphatic heterocycles. The summed E-state index contributed by atoms with van der Waals surface area (Å²) in [5.41, 5.74) is 0.166. The Morgan fingerprint density at radius 2 is 2.10 bits per heavy atom. The third kappa shape index (κ3) is 4.16. The van der Waals surface area contributed by atoms with Gasteiger partial charge in [0.15, 0.2) is 11.5 Å². The predicted octanol–water partition coefficient (Wildman–Crippen LogP) is 2.62. The summed E-state index contributed by atoms with van der Waals surface area (Å²) in [6.45, 7) is 3.88. The Morgan fingerprint density at radius 1 is 1.38 bits per heavy atom. The second kappa shape index (κ2) is 6.54. The molecule has 21 heavy (non-hydrogen) atoms. The summed E-state index contributed by atoms with van der Waals surface area (Å²) < 4.78 is 5.18. The van der Waals surface area contributed by atoms with Crippen LogP contribution in [0.15, 0.2) is 40.9 Å². The minimum atomic E-state index is -0.906. The molecule has 0 saturated heterocycles. The van der Waals surface area contributed by atoms with E-state index in [1.807, 2.05) is 37.3 Å². The molecule has 1 unspecified atom stereocenters. The van der Waals surface area contributed by atoms with Crippen molar-refractivity contribution >= 4 is 5.91 Å². The van der Waals surface area contributed by atoms with E-state index in [0.29, 0.717) is 12.2 Å². The molecule has 112 valence electrons. The summed E-state index contributed by atoms with van der Waals surface area (Å²) in [4.78, 5) is 12.0. The number of aliphatic hydroxyl groups is 1. The lowest BCUT2D eigenvalue weighted by Gasteiger charge is -2.22. The van der Waals surface area contributed by atoms with Gasteiger partial charge in [-0.05, 0) is 13.3 Å². The van der Waals surface area contributed by atoms with Gasteiger partial charge in [-0.3, -0.25) is 4.79 Å². The van der Waals surface area contributed by atoms with E-state index < -0.39 is 5.60 Å². The van der Waals surface area contributed by atoms with Crippen molar-refractivity contribution in [2.45, 2.75) is 32.3 Å². The van der Waals surface area contributed by atoms with Gasteiger partial charge in [-0.15, -0.1) is 0 Å². The zero-order valence-electron chi connectivity index (χ0n) is 12.3. The summed E-state index contributed by atoms with van der Waals surface area (Å²) in [7, 11) is 0. The summed E-state index contributed by atoms with van der Waals surface area (Å²) in [6.07, 6.45) is 1.48. The van der Waals surface area contributed by atoms with E-state index in [9.17, 15) is 9.90 Å². The zero-order chi connectivity index (χ0) is 15.3. The van der Waals surface area contributed by atoms with E-state index in [4.69, 9.17) is 4.52 Å². The van der Waals surface area contributed by atoms with Gasteiger partial charge < -0.3 is 14.9 Å². The van der Waals surface area contributed by atoms with Gasteiger partial charge in [0.2, 0.25) is 0 Å². The number of nitrogens with one attached hydrogen (secondary N) is 1. The van der Waals surface area contributed by atoms with E-state index >= 15 is 0 Å². The van der Waals surface area contributed by atoms with Crippen molar-refractivity contribution in [2.24, 2.45) is 0 Å². The van der Waals surface area contributed by atoms with Gasteiger partial charge in [0, 0.05) is 18.2 Å². The number of hydrogen-bond donors (Lipinski definition) is 2. The van der Waals surface area contributed by atoms with Gasteiger partial charge in [0.05, 0.1) is 5.60 Å². The van der Waals surface area contributed by atoms with Crippen LogP contribution in [0.5, 0.6) is 0 Å². The molecule has 1 aromatic carbocycles. The van der Waals surface area contributed by atoms with Crippen LogP contribution < -0.4 is 5.32 Å². The third-order valence-corrected chi connectivity index (χ3v) is 3.22. The van der Waals surface area contributed by atoms with Gasteiger partial charge in [-0.2, -0.15) is 0 Å². The van der Waals surface area contributed by atoms with Gasteiger partial charge in [0.1, 0.15) is 0 Å². The number of nitrogens with zero attached hydrogens (tertiary/aromatic N) is 1. The maximum atomic E-state index is 12.0. The van der Waals surface area contributed by atoms with Crippen LogP contribution in [0.1, 0.15) is 37.2 Å². The van der Waals surface area contributed by atoms with Gasteiger partial charge >= 0.3 is 0 Å². The van der Waals surface area contributed by atoms with Gasteiger partial charge in [-0.25, -0.2) is 0 Å². The van der Waals surface area contributed by atoms with E-state index in [2.05, 4.69) is 10.5 Å². The van der Waals surface area contributed by atoms with E-state index in [-0.39, 0.29) is 18.1 Å². The topological polar surface area (TPSA) is 75.4 Å². The third-order valence-electron chi connectivity index (χ3n) is 3.22. The molecular weight excluding hydrogens is 268 g/mol. The van der Waals surface area contributed by atoms with Crippen LogP contribution in [0.25, 0.3) is 11.3 Å². The van der Waals surface area contributed by atoms with E-state index in [0.717, 1.165) is 12.0 Å². The van der Waals surface area contributed by atoms with E-state index in [1.165, 1.54) is 0 Å². The Morgan fingerprint density at radius 3 is 2.76 bits per heavy atom. The van der Waals surface area contributed by atoms with Crippen molar-refractivity contribution in [3.63, 3.8) is 0 Å². The molecule has 1 aromatic heterocycles. The maximum Gasteiger partial charge on any atom is 0.273 e. The van der Waals surface area contributed by atoms with Crippen molar-refractivity contribution in [1.29, 1.82) is 0 Å². The van der Waals surface area contributed by atoms with E-state index in [1.54, 1.807) is 13.0 Å². The van der Waals surface area contributed by atoms with Gasteiger partial charge in [0.25, 0.3) is 5.91 Å². The second-order valence-electron chi connectivity index (χ2n) is 5.37. The maximum absolute atomic E-state index is 12.0. The largest absolute Gasteiger partial charge is 0.388 e. The first kappa shape index (κ1) is 15.3. The summed E-state index contributed by atoms with van der Waals surface area (Å²) in [6, 6.07) is 11.0. The van der Waals surface area contributed by atoms with Crippen LogP contribution in [0.4, 0.5) is 0 Å². The number of carbonyl (C=O) groups is 1. The molecule has 2 aromatic rings. The fourth-order valence-electron chi connectivity index (χ4n) is 2.11. The molecule has 0 aliphatic carbocycles. The number of rotatable bonds is 6. The van der Waals surface area contributed by atoms with Crippen molar-refractivity contribution in [3.8, 4) is 11.3 Å². The smallest absolute Gasteiger partial charge is 0.273 e. The Hall–Kier alpha value is -2.14. The summed E-state index contributed by atoms with van der Waals surface area (Å²) in [5, 5.41) is 16.5. The van der Waals surface area contributed by atoms with Gasteiger partial charge in [-0.1, -0.05) is 48.8 Å². The van der Waals surface area contributed by atoms with Crippen molar-refractivity contribution < 1.29 is 14.4 Å². The molecule has 1 amide bonds. The molecule has 0 saturated carbocycles. The minimum absolute atomic E-state index is 0.188. The van der Waals surface area contributed by atoms with Crippen molar-refractivity contribution in [2.75, 3.05) is 6.54 Å². The Balaban J connectivity index is 2.00. The Kier molecular flexibility index (Phi) is 4.75. The first-order chi connectivity index (χ1) is 10.0. The average Bonchev–Trinajstić information content (AvgIpc) is 2.96.